The summed E-state index contributed by atoms with van der Waals surface area (Å²) >= 11 is 0. The summed E-state index contributed by atoms with van der Waals surface area (Å²) in [4.78, 5) is 2.10. The van der Waals surface area contributed by atoms with Crippen LogP contribution in [0, 0.1) is 27.7 Å². The smallest absolute Gasteiger partial charge is 0.0969 e. The van der Waals surface area contributed by atoms with Crippen molar-refractivity contribution in [2.45, 2.75) is 33.8 Å². The highest BCUT2D eigenvalue weighted by molar-refractivity contribution is 5.48. The fraction of sp³-hybridized carbons (Fsp3) is 0.368. The van der Waals surface area contributed by atoms with E-state index < -0.39 is 6.10 Å². The van der Waals surface area contributed by atoms with Crippen LogP contribution in [0.5, 0.6) is 0 Å². The van der Waals surface area contributed by atoms with Crippen LogP contribution in [0.15, 0.2) is 36.4 Å². The zero-order valence-electron chi connectivity index (χ0n) is 13.6. The van der Waals surface area contributed by atoms with E-state index in [1.807, 2.05) is 7.05 Å². The van der Waals surface area contributed by atoms with Gasteiger partial charge in [-0.25, -0.2) is 0 Å². The van der Waals surface area contributed by atoms with E-state index in [1.165, 1.54) is 11.1 Å². The predicted octanol–water partition coefficient (Wildman–Crippen LogP) is 4.09. The van der Waals surface area contributed by atoms with Gasteiger partial charge in [-0.1, -0.05) is 35.4 Å². The molecule has 0 aliphatic rings. The van der Waals surface area contributed by atoms with Crippen molar-refractivity contribution in [2.75, 3.05) is 18.5 Å². The van der Waals surface area contributed by atoms with E-state index >= 15 is 0 Å². The standard InChI is InChI=1S/C19H25NO/c1-13-6-8-17(9-7-13)20(5)12-18(21)19-15(3)10-14(2)11-16(19)4/h6-11,18,21H,12H2,1-5H3. The number of aliphatic hydroxyl groups is 1. The molecule has 0 heterocycles. The van der Waals surface area contributed by atoms with Gasteiger partial charge in [0.2, 0.25) is 0 Å². The maximum Gasteiger partial charge on any atom is 0.0969 e. The summed E-state index contributed by atoms with van der Waals surface area (Å²) in [6.45, 7) is 8.91. The number of hydrogen-bond acceptors (Lipinski definition) is 2. The second-order valence-corrected chi connectivity index (χ2v) is 6.04. The summed E-state index contributed by atoms with van der Waals surface area (Å²) in [5.41, 5.74) is 7.00. The zero-order valence-corrected chi connectivity index (χ0v) is 13.6. The minimum absolute atomic E-state index is 0.475. The van der Waals surface area contributed by atoms with Crippen molar-refractivity contribution in [3.05, 3.63) is 64.2 Å². The Hall–Kier alpha value is -1.80. The molecule has 21 heavy (non-hydrogen) atoms. The van der Waals surface area contributed by atoms with Crippen molar-refractivity contribution in [3.63, 3.8) is 0 Å². The van der Waals surface area contributed by atoms with E-state index in [0.29, 0.717) is 6.54 Å². The molecule has 0 aromatic heterocycles. The van der Waals surface area contributed by atoms with Crippen molar-refractivity contribution < 1.29 is 5.11 Å². The highest BCUT2D eigenvalue weighted by atomic mass is 16.3. The molecule has 0 amide bonds. The summed E-state index contributed by atoms with van der Waals surface area (Å²) in [5.74, 6) is 0. The fourth-order valence-corrected chi connectivity index (χ4v) is 2.97. The first-order valence-electron chi connectivity index (χ1n) is 7.42. The average Bonchev–Trinajstić information content (AvgIpc) is 2.37. The SMILES string of the molecule is Cc1ccc(N(C)CC(O)c2c(C)cc(C)cc2C)cc1. The van der Waals surface area contributed by atoms with E-state index in [0.717, 1.165) is 22.4 Å². The average molecular weight is 283 g/mol. The summed E-state index contributed by atoms with van der Waals surface area (Å²) in [6.07, 6.45) is -0.475. The Balaban J connectivity index is 2.18. The fourth-order valence-electron chi connectivity index (χ4n) is 2.97. The Morgan fingerprint density at radius 1 is 0.905 bits per heavy atom. The van der Waals surface area contributed by atoms with E-state index in [1.54, 1.807) is 0 Å². The van der Waals surface area contributed by atoms with Crippen molar-refractivity contribution >= 4 is 5.69 Å². The molecule has 1 unspecified atom stereocenters. The number of nitrogens with zero attached hydrogens (tertiary/aromatic N) is 1. The van der Waals surface area contributed by atoms with Gasteiger partial charge in [-0.15, -0.1) is 0 Å². The van der Waals surface area contributed by atoms with Crippen LogP contribution in [0.3, 0.4) is 0 Å². The number of hydrogen-bond donors (Lipinski definition) is 1. The maximum absolute atomic E-state index is 10.6. The molecule has 2 aromatic carbocycles. The van der Waals surface area contributed by atoms with Gasteiger partial charge in [-0.05, 0) is 56.5 Å². The molecule has 0 bridgehead atoms. The van der Waals surface area contributed by atoms with Crippen LogP contribution in [0.1, 0.15) is 33.9 Å². The minimum atomic E-state index is -0.475. The van der Waals surface area contributed by atoms with Crippen LogP contribution >= 0.6 is 0 Å². The summed E-state index contributed by atoms with van der Waals surface area (Å²) in [7, 11) is 2.02. The third-order valence-corrected chi connectivity index (χ3v) is 3.99. The van der Waals surface area contributed by atoms with Crippen molar-refractivity contribution in [1.82, 2.24) is 0 Å². The van der Waals surface area contributed by atoms with Gasteiger partial charge in [0, 0.05) is 19.3 Å². The summed E-state index contributed by atoms with van der Waals surface area (Å²) < 4.78 is 0. The molecule has 1 atom stereocenters. The third kappa shape index (κ3) is 3.64. The van der Waals surface area contributed by atoms with Gasteiger partial charge < -0.3 is 10.0 Å². The Morgan fingerprint density at radius 2 is 1.43 bits per heavy atom. The number of aryl methyl sites for hydroxylation is 4. The second-order valence-electron chi connectivity index (χ2n) is 6.04. The Bertz CT molecular complexity index is 593. The summed E-state index contributed by atoms with van der Waals surface area (Å²) in [5, 5.41) is 10.6. The molecular weight excluding hydrogens is 258 g/mol. The van der Waals surface area contributed by atoms with Gasteiger partial charge in [-0.2, -0.15) is 0 Å². The lowest BCUT2D eigenvalue weighted by Gasteiger charge is -2.25. The molecule has 112 valence electrons. The first kappa shape index (κ1) is 15.6. The minimum Gasteiger partial charge on any atom is -0.387 e. The number of rotatable bonds is 4. The lowest BCUT2D eigenvalue weighted by Crippen LogP contribution is -2.25. The number of aliphatic hydroxyl groups excluding tert-OH is 1. The molecule has 1 N–H and O–H groups in total. The first-order valence-corrected chi connectivity index (χ1v) is 7.42. The van der Waals surface area contributed by atoms with Crippen molar-refractivity contribution in [3.8, 4) is 0 Å². The van der Waals surface area contributed by atoms with E-state index in [9.17, 15) is 5.11 Å². The number of benzene rings is 2. The third-order valence-electron chi connectivity index (χ3n) is 3.99. The van der Waals surface area contributed by atoms with Gasteiger partial charge in [0.25, 0.3) is 0 Å². The molecule has 0 fully saturated rings. The molecular formula is C19H25NO. The predicted molar refractivity (Wildman–Crippen MR) is 90.1 cm³/mol. The molecule has 2 aromatic rings. The van der Waals surface area contributed by atoms with E-state index in [2.05, 4.69) is 69.0 Å². The molecule has 0 spiro atoms. The second kappa shape index (κ2) is 6.31. The highest BCUT2D eigenvalue weighted by Gasteiger charge is 2.16. The summed E-state index contributed by atoms with van der Waals surface area (Å²) in [6, 6.07) is 12.7. The lowest BCUT2D eigenvalue weighted by molar-refractivity contribution is 0.183. The van der Waals surface area contributed by atoms with E-state index in [4.69, 9.17) is 0 Å². The zero-order chi connectivity index (χ0) is 15.6. The largest absolute Gasteiger partial charge is 0.387 e. The van der Waals surface area contributed by atoms with E-state index in [-0.39, 0.29) is 0 Å². The molecule has 0 radical (unpaired) electrons. The first-order chi connectivity index (χ1) is 9.88. The van der Waals surface area contributed by atoms with Crippen LogP contribution in [0.25, 0.3) is 0 Å². The number of likely N-dealkylation sites (N-methyl/N-ethyl adjacent to an activating group) is 1. The van der Waals surface area contributed by atoms with Crippen LogP contribution < -0.4 is 4.90 Å². The van der Waals surface area contributed by atoms with Crippen molar-refractivity contribution in [1.29, 1.82) is 0 Å². The molecule has 2 heteroatoms. The van der Waals surface area contributed by atoms with Gasteiger partial charge in [0.1, 0.15) is 0 Å². The number of anilines is 1. The van der Waals surface area contributed by atoms with Gasteiger partial charge in [0.15, 0.2) is 0 Å². The van der Waals surface area contributed by atoms with Gasteiger partial charge in [-0.3, -0.25) is 0 Å². The van der Waals surface area contributed by atoms with Crippen LogP contribution in [0.4, 0.5) is 5.69 Å². The quantitative estimate of drug-likeness (QED) is 0.913. The van der Waals surface area contributed by atoms with Crippen LogP contribution in [0.2, 0.25) is 0 Å². The Morgan fingerprint density at radius 3 is 1.95 bits per heavy atom. The Labute approximate surface area is 128 Å². The molecule has 0 aliphatic carbocycles. The molecule has 2 rings (SSSR count). The molecule has 2 nitrogen and oxygen atoms in total. The Kier molecular flexibility index (Phi) is 4.69. The highest BCUT2D eigenvalue weighted by Crippen LogP contribution is 2.25. The van der Waals surface area contributed by atoms with Crippen molar-refractivity contribution in [2.24, 2.45) is 0 Å². The molecule has 0 aliphatic heterocycles. The normalized spacial score (nSPS) is 12.3. The maximum atomic E-state index is 10.6. The van der Waals surface area contributed by atoms with Gasteiger partial charge in [0.05, 0.1) is 6.10 Å². The lowest BCUT2D eigenvalue weighted by atomic mass is 9.95. The topological polar surface area (TPSA) is 23.5 Å². The van der Waals surface area contributed by atoms with Gasteiger partial charge >= 0.3 is 0 Å². The monoisotopic (exact) mass is 283 g/mol. The molecule has 0 saturated heterocycles. The van der Waals surface area contributed by atoms with Crippen LogP contribution in [-0.2, 0) is 0 Å². The molecule has 0 saturated carbocycles. The van der Waals surface area contributed by atoms with Crippen LogP contribution in [-0.4, -0.2) is 18.7 Å².